The Balaban J connectivity index is 2.13. The molecule has 30 heavy (non-hydrogen) atoms. The summed E-state index contributed by atoms with van der Waals surface area (Å²) >= 11 is 0. The fraction of sp³-hybridized carbons (Fsp3) is 0.609. The Bertz CT molecular complexity index is 693. The van der Waals surface area contributed by atoms with E-state index in [-0.39, 0.29) is 36.1 Å². The number of ketones is 1. The van der Waals surface area contributed by atoms with Crippen LogP contribution in [-0.4, -0.2) is 68.3 Å². The SMILES string of the molecule is CNC[C@@H](C[C@H]1CCCC(=O)C1)C(=O)N(Cc1ccccc1)C(=O)NCCN(C)C. The number of hydrogen-bond acceptors (Lipinski definition) is 5. The number of benzene rings is 1. The predicted octanol–water partition coefficient (Wildman–Crippen LogP) is 2.27. The largest absolute Gasteiger partial charge is 0.336 e. The maximum absolute atomic E-state index is 13.5. The number of amides is 3. The number of Topliss-reactive ketones (excluding diaryl/α,β-unsaturated/α-hetero) is 1. The zero-order valence-corrected chi connectivity index (χ0v) is 18.5. The normalized spacial score (nSPS) is 17.6. The summed E-state index contributed by atoms with van der Waals surface area (Å²) in [7, 11) is 5.69. The van der Waals surface area contributed by atoms with Crippen LogP contribution in [0.3, 0.4) is 0 Å². The van der Waals surface area contributed by atoms with E-state index in [1.807, 2.05) is 56.4 Å². The van der Waals surface area contributed by atoms with Gasteiger partial charge in [0.15, 0.2) is 0 Å². The van der Waals surface area contributed by atoms with Gasteiger partial charge in [-0.25, -0.2) is 4.79 Å². The minimum absolute atomic E-state index is 0.187. The maximum atomic E-state index is 13.5. The molecule has 0 radical (unpaired) electrons. The first kappa shape index (κ1) is 24.0. The highest BCUT2D eigenvalue weighted by atomic mass is 16.2. The second-order valence-electron chi connectivity index (χ2n) is 8.44. The van der Waals surface area contributed by atoms with Crippen molar-refractivity contribution in [3.63, 3.8) is 0 Å². The summed E-state index contributed by atoms with van der Waals surface area (Å²) in [5, 5.41) is 5.97. The number of nitrogens with one attached hydrogen (secondary N) is 2. The van der Waals surface area contributed by atoms with Gasteiger partial charge in [0.05, 0.1) is 12.5 Å². The number of urea groups is 1. The molecule has 0 heterocycles. The quantitative estimate of drug-likeness (QED) is 0.612. The van der Waals surface area contributed by atoms with Crippen LogP contribution in [0.5, 0.6) is 0 Å². The first-order valence-electron chi connectivity index (χ1n) is 10.8. The van der Waals surface area contributed by atoms with Crippen LogP contribution in [0, 0.1) is 11.8 Å². The molecule has 2 N–H and O–H groups in total. The molecule has 1 saturated carbocycles. The Morgan fingerprint density at radius 1 is 1.20 bits per heavy atom. The average Bonchev–Trinajstić information content (AvgIpc) is 2.71. The Hall–Kier alpha value is -2.25. The van der Waals surface area contributed by atoms with Gasteiger partial charge in [-0.05, 0) is 51.9 Å². The molecular formula is C23H36N4O3. The van der Waals surface area contributed by atoms with Crippen LogP contribution in [0.4, 0.5) is 4.79 Å². The van der Waals surface area contributed by atoms with Crippen LogP contribution < -0.4 is 10.6 Å². The third-order valence-corrected chi connectivity index (χ3v) is 5.53. The van der Waals surface area contributed by atoms with E-state index in [1.54, 1.807) is 0 Å². The van der Waals surface area contributed by atoms with Gasteiger partial charge >= 0.3 is 6.03 Å². The smallest absolute Gasteiger partial charge is 0.324 e. The Labute approximate surface area is 180 Å². The van der Waals surface area contributed by atoms with Gasteiger partial charge in [0.2, 0.25) is 5.91 Å². The Morgan fingerprint density at radius 2 is 1.93 bits per heavy atom. The van der Waals surface area contributed by atoms with Crippen molar-refractivity contribution in [1.29, 1.82) is 0 Å². The van der Waals surface area contributed by atoms with Crippen molar-refractivity contribution >= 4 is 17.7 Å². The molecule has 0 unspecified atom stereocenters. The van der Waals surface area contributed by atoms with Crippen LogP contribution in [0.25, 0.3) is 0 Å². The number of hydrogen-bond donors (Lipinski definition) is 2. The zero-order valence-electron chi connectivity index (χ0n) is 18.5. The van der Waals surface area contributed by atoms with Crippen LogP contribution in [0.1, 0.15) is 37.7 Å². The van der Waals surface area contributed by atoms with E-state index in [0.717, 1.165) is 18.4 Å². The van der Waals surface area contributed by atoms with Gasteiger partial charge in [0, 0.05) is 32.5 Å². The molecule has 2 rings (SSSR count). The Kier molecular flexibility index (Phi) is 9.97. The highest BCUT2D eigenvalue weighted by Gasteiger charge is 2.32. The minimum Gasteiger partial charge on any atom is -0.336 e. The number of imide groups is 1. The zero-order chi connectivity index (χ0) is 21.9. The van der Waals surface area contributed by atoms with Gasteiger partial charge in [-0.1, -0.05) is 30.3 Å². The highest BCUT2D eigenvalue weighted by Crippen LogP contribution is 2.28. The first-order valence-corrected chi connectivity index (χ1v) is 10.8. The van der Waals surface area contributed by atoms with Gasteiger partial charge in [0.1, 0.15) is 5.78 Å². The van der Waals surface area contributed by atoms with Crippen molar-refractivity contribution in [1.82, 2.24) is 20.4 Å². The predicted molar refractivity (Wildman–Crippen MR) is 118 cm³/mol. The van der Waals surface area contributed by atoms with E-state index in [1.165, 1.54) is 4.90 Å². The van der Waals surface area contributed by atoms with E-state index in [0.29, 0.717) is 38.9 Å². The summed E-state index contributed by atoms with van der Waals surface area (Å²) in [4.78, 5) is 41.6. The topological polar surface area (TPSA) is 81.8 Å². The summed E-state index contributed by atoms with van der Waals surface area (Å²) in [6, 6.07) is 9.19. The molecule has 166 valence electrons. The molecule has 3 amide bonds. The van der Waals surface area contributed by atoms with Crippen molar-refractivity contribution in [2.75, 3.05) is 40.8 Å². The molecule has 0 bridgehead atoms. The molecule has 7 heteroatoms. The van der Waals surface area contributed by atoms with E-state index in [9.17, 15) is 14.4 Å². The molecule has 1 aromatic carbocycles. The van der Waals surface area contributed by atoms with Crippen LogP contribution >= 0.6 is 0 Å². The lowest BCUT2D eigenvalue weighted by Crippen LogP contribution is -2.49. The van der Waals surface area contributed by atoms with Gasteiger partial charge in [-0.2, -0.15) is 0 Å². The molecule has 7 nitrogen and oxygen atoms in total. The lowest BCUT2D eigenvalue weighted by molar-refractivity contribution is -0.134. The Morgan fingerprint density at radius 3 is 2.57 bits per heavy atom. The van der Waals surface area contributed by atoms with E-state index < -0.39 is 0 Å². The van der Waals surface area contributed by atoms with Gasteiger partial charge in [-0.15, -0.1) is 0 Å². The fourth-order valence-corrected chi connectivity index (χ4v) is 3.95. The molecule has 1 aliphatic carbocycles. The maximum Gasteiger partial charge on any atom is 0.324 e. The van der Waals surface area contributed by atoms with Crippen molar-refractivity contribution < 1.29 is 14.4 Å². The molecule has 0 aliphatic heterocycles. The van der Waals surface area contributed by atoms with Crippen LogP contribution in [-0.2, 0) is 16.1 Å². The van der Waals surface area contributed by atoms with E-state index in [4.69, 9.17) is 0 Å². The van der Waals surface area contributed by atoms with Gasteiger partial charge in [-0.3, -0.25) is 14.5 Å². The third-order valence-electron chi connectivity index (χ3n) is 5.53. The molecule has 2 atom stereocenters. The number of rotatable bonds is 10. The molecule has 1 aliphatic rings. The van der Waals surface area contributed by atoms with Crippen LogP contribution in [0.2, 0.25) is 0 Å². The second kappa shape index (κ2) is 12.4. The average molecular weight is 417 g/mol. The lowest BCUT2D eigenvalue weighted by atomic mass is 9.81. The monoisotopic (exact) mass is 416 g/mol. The molecule has 1 fully saturated rings. The van der Waals surface area contributed by atoms with Crippen molar-refractivity contribution in [3.05, 3.63) is 35.9 Å². The highest BCUT2D eigenvalue weighted by molar-refractivity contribution is 5.95. The summed E-state index contributed by atoms with van der Waals surface area (Å²) in [5.41, 5.74) is 0.907. The summed E-state index contributed by atoms with van der Waals surface area (Å²) < 4.78 is 0. The van der Waals surface area contributed by atoms with Crippen molar-refractivity contribution in [3.8, 4) is 0 Å². The fourth-order valence-electron chi connectivity index (χ4n) is 3.95. The first-order chi connectivity index (χ1) is 14.4. The molecule has 0 spiro atoms. The summed E-state index contributed by atoms with van der Waals surface area (Å²) in [6.45, 7) is 1.89. The minimum atomic E-state index is -0.369. The van der Waals surface area contributed by atoms with Crippen molar-refractivity contribution in [2.24, 2.45) is 11.8 Å². The number of carbonyl (C=O) groups excluding carboxylic acids is 3. The number of carbonyl (C=O) groups is 3. The second-order valence-corrected chi connectivity index (χ2v) is 8.44. The van der Waals surface area contributed by atoms with E-state index in [2.05, 4.69) is 10.6 Å². The molecule has 1 aromatic rings. The van der Waals surface area contributed by atoms with E-state index >= 15 is 0 Å². The lowest BCUT2D eigenvalue weighted by Gasteiger charge is -2.29. The number of nitrogens with zero attached hydrogens (tertiary/aromatic N) is 2. The van der Waals surface area contributed by atoms with Crippen molar-refractivity contribution in [2.45, 2.75) is 38.6 Å². The molecule has 0 saturated heterocycles. The standard InChI is InChI=1S/C23H36N4O3/c1-24-16-20(14-19-10-7-11-21(28)15-19)22(29)27(17-18-8-5-4-6-9-18)23(30)25-12-13-26(2)3/h4-6,8-9,19-20,24H,7,10-17H2,1-3H3,(H,25,30)/t19-,20-/m1/s1. The summed E-state index contributed by atoms with van der Waals surface area (Å²) in [6.07, 6.45) is 3.67. The molecule has 0 aromatic heterocycles. The summed E-state index contributed by atoms with van der Waals surface area (Å²) in [5.74, 6) is -0.0313. The van der Waals surface area contributed by atoms with Gasteiger partial charge in [0.25, 0.3) is 0 Å². The molecular weight excluding hydrogens is 380 g/mol. The van der Waals surface area contributed by atoms with Crippen LogP contribution in [0.15, 0.2) is 30.3 Å². The third kappa shape index (κ3) is 7.88. The van der Waals surface area contributed by atoms with Gasteiger partial charge < -0.3 is 15.5 Å². The number of likely N-dealkylation sites (N-methyl/N-ethyl adjacent to an activating group) is 1.